The van der Waals surface area contributed by atoms with Gasteiger partial charge < -0.3 is 15.0 Å². The Labute approximate surface area is 127 Å². The van der Waals surface area contributed by atoms with Gasteiger partial charge >= 0.3 is 0 Å². The van der Waals surface area contributed by atoms with Crippen LogP contribution in [0.3, 0.4) is 0 Å². The van der Waals surface area contributed by atoms with Crippen molar-refractivity contribution in [1.82, 2.24) is 14.9 Å². The standard InChI is InChI=1S/C15H27N5O/c1-4-20(5-2)15-17-13(3)12-14(18-15)16-6-7-19-8-10-21-11-9-19/h12H,4-11H2,1-3H3,(H,16,17,18). The minimum atomic E-state index is 0.814. The highest BCUT2D eigenvalue weighted by Gasteiger charge is 2.11. The fourth-order valence-electron chi connectivity index (χ4n) is 2.46. The van der Waals surface area contributed by atoms with Gasteiger partial charge in [-0.25, -0.2) is 4.98 Å². The SMILES string of the molecule is CCN(CC)c1nc(C)cc(NCCN2CCOCC2)n1. The predicted molar refractivity (Wildman–Crippen MR) is 86.1 cm³/mol. The van der Waals surface area contributed by atoms with Gasteiger partial charge in [0.1, 0.15) is 5.82 Å². The van der Waals surface area contributed by atoms with Gasteiger partial charge in [-0.3, -0.25) is 4.90 Å². The van der Waals surface area contributed by atoms with Crippen molar-refractivity contribution in [1.29, 1.82) is 0 Å². The summed E-state index contributed by atoms with van der Waals surface area (Å²) in [5, 5.41) is 3.42. The second-order valence-corrected chi connectivity index (χ2v) is 5.25. The van der Waals surface area contributed by atoms with Crippen LogP contribution >= 0.6 is 0 Å². The summed E-state index contributed by atoms with van der Waals surface area (Å²) in [5.74, 6) is 1.73. The first-order valence-corrected chi connectivity index (χ1v) is 7.87. The average Bonchev–Trinajstić information content (AvgIpc) is 2.49. The maximum Gasteiger partial charge on any atom is 0.227 e. The number of aryl methyl sites for hydroxylation is 1. The van der Waals surface area contributed by atoms with Crippen LogP contribution in [0, 0.1) is 6.92 Å². The minimum Gasteiger partial charge on any atom is -0.379 e. The molecule has 1 saturated heterocycles. The van der Waals surface area contributed by atoms with Crippen LogP contribution in [0.15, 0.2) is 6.07 Å². The number of morpholine rings is 1. The van der Waals surface area contributed by atoms with E-state index in [0.717, 1.165) is 69.9 Å². The third kappa shape index (κ3) is 4.82. The summed E-state index contributed by atoms with van der Waals surface area (Å²) in [4.78, 5) is 13.7. The third-order valence-electron chi connectivity index (χ3n) is 3.73. The number of aromatic nitrogens is 2. The summed E-state index contributed by atoms with van der Waals surface area (Å²) in [6.45, 7) is 13.8. The number of nitrogens with one attached hydrogen (secondary N) is 1. The van der Waals surface area contributed by atoms with Crippen LogP contribution in [0.4, 0.5) is 11.8 Å². The highest BCUT2D eigenvalue weighted by Crippen LogP contribution is 2.13. The van der Waals surface area contributed by atoms with E-state index >= 15 is 0 Å². The number of anilines is 2. The van der Waals surface area contributed by atoms with E-state index in [0.29, 0.717) is 0 Å². The number of nitrogens with zero attached hydrogens (tertiary/aromatic N) is 4. The summed E-state index contributed by atoms with van der Waals surface area (Å²) in [6, 6.07) is 2.01. The summed E-state index contributed by atoms with van der Waals surface area (Å²) < 4.78 is 5.36. The number of hydrogen-bond donors (Lipinski definition) is 1. The van der Waals surface area contributed by atoms with Crippen LogP contribution in [0.5, 0.6) is 0 Å². The number of rotatable bonds is 7. The molecule has 6 nitrogen and oxygen atoms in total. The fraction of sp³-hybridized carbons (Fsp3) is 0.733. The highest BCUT2D eigenvalue weighted by atomic mass is 16.5. The Kier molecular flexibility index (Phi) is 6.20. The van der Waals surface area contributed by atoms with Crippen molar-refractivity contribution in [3.63, 3.8) is 0 Å². The lowest BCUT2D eigenvalue weighted by Gasteiger charge is -2.26. The quantitative estimate of drug-likeness (QED) is 0.819. The van der Waals surface area contributed by atoms with Crippen molar-refractivity contribution in [2.45, 2.75) is 20.8 Å². The lowest BCUT2D eigenvalue weighted by atomic mass is 10.4. The maximum atomic E-state index is 5.36. The Balaban J connectivity index is 1.90. The second kappa shape index (κ2) is 8.14. The number of ether oxygens (including phenoxy) is 1. The molecule has 0 amide bonds. The van der Waals surface area contributed by atoms with Gasteiger partial charge in [0.15, 0.2) is 0 Å². The van der Waals surface area contributed by atoms with E-state index in [1.807, 2.05) is 13.0 Å². The van der Waals surface area contributed by atoms with Crippen molar-refractivity contribution >= 4 is 11.8 Å². The maximum absolute atomic E-state index is 5.36. The van der Waals surface area contributed by atoms with Crippen LogP contribution in [0.2, 0.25) is 0 Å². The monoisotopic (exact) mass is 293 g/mol. The predicted octanol–water partition coefficient (Wildman–Crippen LogP) is 1.38. The molecule has 2 rings (SSSR count). The van der Waals surface area contributed by atoms with Crippen LogP contribution < -0.4 is 10.2 Å². The minimum absolute atomic E-state index is 0.814. The molecule has 2 heterocycles. The highest BCUT2D eigenvalue weighted by molar-refractivity contribution is 5.43. The first kappa shape index (κ1) is 16.0. The first-order valence-electron chi connectivity index (χ1n) is 7.87. The topological polar surface area (TPSA) is 53.5 Å². The third-order valence-corrected chi connectivity index (χ3v) is 3.73. The zero-order valence-electron chi connectivity index (χ0n) is 13.4. The van der Waals surface area contributed by atoms with Crippen molar-refractivity contribution in [2.75, 3.05) is 62.7 Å². The molecule has 1 aliphatic heterocycles. The van der Waals surface area contributed by atoms with Crippen molar-refractivity contribution < 1.29 is 4.74 Å². The second-order valence-electron chi connectivity index (χ2n) is 5.25. The van der Waals surface area contributed by atoms with Crippen molar-refractivity contribution in [3.05, 3.63) is 11.8 Å². The van der Waals surface area contributed by atoms with Gasteiger partial charge in [0.2, 0.25) is 5.95 Å². The molecule has 1 N–H and O–H groups in total. The summed E-state index contributed by atoms with van der Waals surface area (Å²) >= 11 is 0. The van der Waals surface area contributed by atoms with E-state index in [4.69, 9.17) is 4.74 Å². The molecule has 0 unspecified atom stereocenters. The van der Waals surface area contributed by atoms with E-state index < -0.39 is 0 Å². The molecule has 0 radical (unpaired) electrons. The molecule has 1 fully saturated rings. The molecule has 0 saturated carbocycles. The molecule has 0 atom stereocenters. The van der Waals surface area contributed by atoms with E-state index in [1.54, 1.807) is 0 Å². The van der Waals surface area contributed by atoms with Gasteiger partial charge in [0.05, 0.1) is 13.2 Å². The number of hydrogen-bond acceptors (Lipinski definition) is 6. The largest absolute Gasteiger partial charge is 0.379 e. The smallest absolute Gasteiger partial charge is 0.227 e. The molecule has 0 spiro atoms. The van der Waals surface area contributed by atoms with Crippen molar-refractivity contribution in [2.24, 2.45) is 0 Å². The Bertz CT molecular complexity index is 430. The zero-order valence-corrected chi connectivity index (χ0v) is 13.4. The molecule has 21 heavy (non-hydrogen) atoms. The van der Waals surface area contributed by atoms with Crippen LogP contribution in [0.1, 0.15) is 19.5 Å². The molecular weight excluding hydrogens is 266 g/mol. The van der Waals surface area contributed by atoms with Crippen LogP contribution in [-0.2, 0) is 4.74 Å². The normalized spacial score (nSPS) is 16.0. The molecule has 6 heteroatoms. The van der Waals surface area contributed by atoms with Gasteiger partial charge in [-0.2, -0.15) is 4.98 Å². The van der Waals surface area contributed by atoms with E-state index in [2.05, 4.69) is 38.9 Å². The molecule has 118 valence electrons. The molecule has 0 aromatic carbocycles. The van der Waals surface area contributed by atoms with Crippen LogP contribution in [-0.4, -0.2) is 67.4 Å². The van der Waals surface area contributed by atoms with E-state index in [-0.39, 0.29) is 0 Å². The Hall–Kier alpha value is -1.40. The fourth-order valence-corrected chi connectivity index (χ4v) is 2.46. The van der Waals surface area contributed by atoms with Crippen LogP contribution in [0.25, 0.3) is 0 Å². The lowest BCUT2D eigenvalue weighted by Crippen LogP contribution is -2.39. The van der Waals surface area contributed by atoms with Gasteiger partial charge in [0.25, 0.3) is 0 Å². The summed E-state index contributed by atoms with van der Waals surface area (Å²) in [6.07, 6.45) is 0. The first-order chi connectivity index (χ1) is 10.2. The zero-order chi connectivity index (χ0) is 15.1. The van der Waals surface area contributed by atoms with Gasteiger partial charge in [-0.1, -0.05) is 0 Å². The lowest BCUT2D eigenvalue weighted by molar-refractivity contribution is 0.0398. The Morgan fingerprint density at radius 3 is 2.62 bits per heavy atom. The molecule has 1 aliphatic rings. The summed E-state index contributed by atoms with van der Waals surface area (Å²) in [5.41, 5.74) is 1.00. The Morgan fingerprint density at radius 1 is 1.24 bits per heavy atom. The van der Waals surface area contributed by atoms with E-state index in [1.165, 1.54) is 0 Å². The molecule has 1 aromatic rings. The molecule has 0 aliphatic carbocycles. The average molecular weight is 293 g/mol. The molecule has 0 bridgehead atoms. The molecule has 1 aromatic heterocycles. The van der Waals surface area contributed by atoms with Gasteiger partial charge in [-0.05, 0) is 20.8 Å². The summed E-state index contributed by atoms with van der Waals surface area (Å²) in [7, 11) is 0. The van der Waals surface area contributed by atoms with Gasteiger partial charge in [0, 0.05) is 51.0 Å². The van der Waals surface area contributed by atoms with Crippen molar-refractivity contribution in [3.8, 4) is 0 Å². The van der Waals surface area contributed by atoms with E-state index in [9.17, 15) is 0 Å². The molecular formula is C15H27N5O. The van der Waals surface area contributed by atoms with Gasteiger partial charge in [-0.15, -0.1) is 0 Å². The Morgan fingerprint density at radius 2 is 1.95 bits per heavy atom.